The van der Waals surface area contributed by atoms with E-state index in [-0.39, 0.29) is 6.54 Å². The molecule has 1 aromatic rings. The Morgan fingerprint density at radius 2 is 1.71 bits per heavy atom. The van der Waals surface area contributed by atoms with Gasteiger partial charge in [-0.1, -0.05) is 6.58 Å². The first-order valence-electron chi connectivity index (χ1n) is 6.44. The van der Waals surface area contributed by atoms with Gasteiger partial charge in [-0.2, -0.15) is 0 Å². The Kier molecular flexibility index (Phi) is 6.20. The molecule has 0 aromatic heterocycles. The molecular formula is C16H19NO4. The number of ether oxygens (including phenoxy) is 2. The van der Waals surface area contributed by atoms with Gasteiger partial charge in [-0.05, 0) is 36.8 Å². The Labute approximate surface area is 124 Å². The van der Waals surface area contributed by atoms with Crippen LogP contribution in [-0.2, 0) is 9.59 Å². The summed E-state index contributed by atoms with van der Waals surface area (Å²) in [6.45, 7) is 5.39. The van der Waals surface area contributed by atoms with Crippen molar-refractivity contribution in [2.45, 2.75) is 6.92 Å². The van der Waals surface area contributed by atoms with Gasteiger partial charge in [-0.3, -0.25) is 14.5 Å². The summed E-state index contributed by atoms with van der Waals surface area (Å²) >= 11 is 0. The number of likely N-dealkylation sites (N-methyl/N-ethyl adjacent to an activating group) is 1. The molecule has 0 unspecified atom stereocenters. The Bertz CT molecular complexity index is 541. The van der Waals surface area contributed by atoms with E-state index in [0.717, 1.165) is 16.5 Å². The highest BCUT2D eigenvalue weighted by Crippen LogP contribution is 2.23. The van der Waals surface area contributed by atoms with Crippen LogP contribution in [0.2, 0.25) is 0 Å². The number of rotatable bonds is 6. The van der Waals surface area contributed by atoms with Gasteiger partial charge in [0, 0.05) is 18.7 Å². The molecule has 112 valence electrons. The monoisotopic (exact) mass is 289 g/mol. The van der Waals surface area contributed by atoms with Crippen LogP contribution in [0.3, 0.4) is 0 Å². The fraction of sp³-hybridized carbons (Fsp3) is 0.250. The van der Waals surface area contributed by atoms with Crippen molar-refractivity contribution < 1.29 is 19.1 Å². The zero-order valence-corrected chi connectivity index (χ0v) is 12.5. The van der Waals surface area contributed by atoms with Gasteiger partial charge in [0.2, 0.25) is 0 Å². The van der Waals surface area contributed by atoms with E-state index in [1.54, 1.807) is 45.4 Å². The molecule has 0 atom stereocenters. The zero-order chi connectivity index (χ0) is 15.8. The van der Waals surface area contributed by atoms with Crippen LogP contribution in [0.5, 0.6) is 11.5 Å². The van der Waals surface area contributed by atoms with Crippen LogP contribution >= 0.6 is 0 Å². The standard InChI is InChI=1S/C16H19NO4/c1-5-15(18)17(6-2)16(19)8-7-12-9-13(20-3)11-14(10-12)21-4/h5,7-11H,1,6H2,2-4H3/b8-7+. The lowest BCUT2D eigenvalue weighted by Gasteiger charge is -2.14. The molecule has 0 aliphatic carbocycles. The van der Waals surface area contributed by atoms with E-state index in [0.29, 0.717) is 11.5 Å². The summed E-state index contributed by atoms with van der Waals surface area (Å²) in [6, 6.07) is 5.26. The smallest absolute Gasteiger partial charge is 0.253 e. The quantitative estimate of drug-likeness (QED) is 0.754. The predicted octanol–water partition coefficient (Wildman–Crippen LogP) is 2.28. The third-order valence-electron chi connectivity index (χ3n) is 2.82. The maximum absolute atomic E-state index is 12.0. The maximum Gasteiger partial charge on any atom is 0.253 e. The van der Waals surface area contributed by atoms with Crippen LogP contribution in [0.1, 0.15) is 12.5 Å². The molecule has 0 aliphatic rings. The molecule has 0 aliphatic heterocycles. The molecular weight excluding hydrogens is 270 g/mol. The molecule has 1 rings (SSSR count). The minimum Gasteiger partial charge on any atom is -0.497 e. The lowest BCUT2D eigenvalue weighted by molar-refractivity contribution is -0.138. The summed E-state index contributed by atoms with van der Waals surface area (Å²) < 4.78 is 10.3. The van der Waals surface area contributed by atoms with Gasteiger partial charge in [0.05, 0.1) is 14.2 Å². The van der Waals surface area contributed by atoms with Crippen molar-refractivity contribution in [1.82, 2.24) is 4.90 Å². The van der Waals surface area contributed by atoms with Crippen molar-refractivity contribution >= 4 is 17.9 Å². The van der Waals surface area contributed by atoms with Crippen LogP contribution in [0, 0.1) is 0 Å². The SMILES string of the molecule is C=CC(=O)N(CC)C(=O)/C=C/c1cc(OC)cc(OC)c1. The van der Waals surface area contributed by atoms with Crippen LogP contribution in [0.25, 0.3) is 6.08 Å². The summed E-state index contributed by atoms with van der Waals surface area (Å²) in [5, 5.41) is 0. The largest absolute Gasteiger partial charge is 0.497 e. The molecule has 0 heterocycles. The van der Waals surface area contributed by atoms with E-state index in [2.05, 4.69) is 6.58 Å². The molecule has 0 spiro atoms. The molecule has 2 amide bonds. The summed E-state index contributed by atoms with van der Waals surface area (Å²) in [6.07, 6.45) is 4.05. The molecule has 0 bridgehead atoms. The molecule has 1 aromatic carbocycles. The van der Waals surface area contributed by atoms with Gasteiger partial charge >= 0.3 is 0 Å². The Morgan fingerprint density at radius 3 is 2.14 bits per heavy atom. The summed E-state index contributed by atoms with van der Waals surface area (Å²) in [7, 11) is 3.10. The van der Waals surface area contributed by atoms with E-state index in [4.69, 9.17) is 9.47 Å². The number of imide groups is 1. The molecule has 0 fully saturated rings. The molecule has 21 heavy (non-hydrogen) atoms. The number of nitrogens with zero attached hydrogens (tertiary/aromatic N) is 1. The topological polar surface area (TPSA) is 55.8 Å². The molecule has 0 N–H and O–H groups in total. The normalized spacial score (nSPS) is 10.2. The average Bonchev–Trinajstić information content (AvgIpc) is 2.52. The second kappa shape index (κ2) is 7.89. The van der Waals surface area contributed by atoms with E-state index < -0.39 is 11.8 Å². The van der Waals surface area contributed by atoms with Gasteiger partial charge in [0.25, 0.3) is 11.8 Å². The fourth-order valence-electron chi connectivity index (χ4n) is 1.71. The first kappa shape index (κ1) is 16.5. The second-order valence-electron chi connectivity index (χ2n) is 4.10. The van der Waals surface area contributed by atoms with Crippen molar-refractivity contribution in [3.8, 4) is 11.5 Å². The zero-order valence-electron chi connectivity index (χ0n) is 12.5. The number of carbonyl (C=O) groups is 2. The Morgan fingerprint density at radius 1 is 1.14 bits per heavy atom. The second-order valence-corrected chi connectivity index (χ2v) is 4.10. The minimum absolute atomic E-state index is 0.287. The van der Waals surface area contributed by atoms with Crippen molar-refractivity contribution in [1.29, 1.82) is 0 Å². The highest BCUT2D eigenvalue weighted by molar-refractivity contribution is 6.06. The first-order chi connectivity index (χ1) is 10.0. The van der Waals surface area contributed by atoms with E-state index in [1.165, 1.54) is 6.08 Å². The molecule has 5 heteroatoms. The third-order valence-corrected chi connectivity index (χ3v) is 2.82. The van der Waals surface area contributed by atoms with Crippen LogP contribution in [0.15, 0.2) is 36.9 Å². The van der Waals surface area contributed by atoms with Crippen LogP contribution < -0.4 is 9.47 Å². The highest BCUT2D eigenvalue weighted by atomic mass is 16.5. The van der Waals surface area contributed by atoms with Crippen LogP contribution in [-0.4, -0.2) is 37.5 Å². The fourth-order valence-corrected chi connectivity index (χ4v) is 1.71. The van der Waals surface area contributed by atoms with Gasteiger partial charge < -0.3 is 9.47 Å². The minimum atomic E-state index is -0.421. The third kappa shape index (κ3) is 4.49. The first-order valence-corrected chi connectivity index (χ1v) is 6.44. The average molecular weight is 289 g/mol. The van der Waals surface area contributed by atoms with E-state index in [1.807, 2.05) is 0 Å². The maximum atomic E-state index is 12.0. The van der Waals surface area contributed by atoms with E-state index in [9.17, 15) is 9.59 Å². The van der Waals surface area contributed by atoms with Crippen molar-refractivity contribution in [2.24, 2.45) is 0 Å². The number of carbonyl (C=O) groups excluding carboxylic acids is 2. The number of hydrogen-bond acceptors (Lipinski definition) is 4. The number of benzene rings is 1. The lowest BCUT2D eigenvalue weighted by Crippen LogP contribution is -2.34. The summed E-state index contributed by atoms with van der Waals surface area (Å²) in [5.74, 6) is 0.423. The highest BCUT2D eigenvalue weighted by Gasteiger charge is 2.13. The number of methoxy groups -OCH3 is 2. The van der Waals surface area contributed by atoms with E-state index >= 15 is 0 Å². The van der Waals surface area contributed by atoms with Crippen molar-refractivity contribution in [2.75, 3.05) is 20.8 Å². The molecule has 0 radical (unpaired) electrons. The van der Waals surface area contributed by atoms with Gasteiger partial charge in [0.1, 0.15) is 11.5 Å². The lowest BCUT2D eigenvalue weighted by atomic mass is 10.2. The van der Waals surface area contributed by atoms with Crippen molar-refractivity contribution in [3.63, 3.8) is 0 Å². The number of amides is 2. The van der Waals surface area contributed by atoms with Crippen LogP contribution in [0.4, 0.5) is 0 Å². The van der Waals surface area contributed by atoms with Gasteiger partial charge in [0.15, 0.2) is 0 Å². The molecule has 0 saturated heterocycles. The Balaban J connectivity index is 2.96. The Hall–Kier alpha value is -2.56. The molecule has 5 nitrogen and oxygen atoms in total. The van der Waals surface area contributed by atoms with Gasteiger partial charge in [-0.15, -0.1) is 0 Å². The molecule has 0 saturated carbocycles. The summed E-state index contributed by atoms with van der Waals surface area (Å²) in [4.78, 5) is 24.6. The summed E-state index contributed by atoms with van der Waals surface area (Å²) in [5.41, 5.74) is 0.738. The number of hydrogen-bond donors (Lipinski definition) is 0. The van der Waals surface area contributed by atoms with Crippen molar-refractivity contribution in [3.05, 3.63) is 42.5 Å². The van der Waals surface area contributed by atoms with Gasteiger partial charge in [-0.25, -0.2) is 0 Å². The predicted molar refractivity (Wildman–Crippen MR) is 81.2 cm³/mol.